The lowest BCUT2D eigenvalue weighted by Gasteiger charge is -2.30. The first-order valence-electron chi connectivity index (χ1n) is 9.68. The molecule has 142 valence electrons. The highest BCUT2D eigenvalue weighted by Crippen LogP contribution is 2.49. The number of benzene rings is 4. The van der Waals surface area contributed by atoms with Crippen LogP contribution in [0, 0.1) is 0 Å². The van der Waals surface area contributed by atoms with Crippen LogP contribution in [0.4, 0.5) is 11.4 Å². The zero-order valence-electron chi connectivity index (χ0n) is 16.1. The van der Waals surface area contributed by atoms with Crippen molar-refractivity contribution < 1.29 is 9.47 Å². The number of hydrogen-bond donors (Lipinski definition) is 1. The first-order valence-corrected chi connectivity index (χ1v) is 9.68. The van der Waals surface area contributed by atoms with Crippen LogP contribution in [0.15, 0.2) is 97.1 Å². The van der Waals surface area contributed by atoms with Crippen molar-refractivity contribution in [1.29, 1.82) is 0 Å². The smallest absolute Gasteiger partial charge is 0.150 e. The van der Waals surface area contributed by atoms with E-state index in [4.69, 9.17) is 9.47 Å². The molecule has 4 aromatic rings. The van der Waals surface area contributed by atoms with Gasteiger partial charge in [0.2, 0.25) is 0 Å². The standard InChI is InChI=1S/C26H21NO2/c1-28-23-13-8-14-24-25(23)21-16-15-20(27-19-11-6-3-7-12-19)17-22(21)26(29-24)18-9-4-2-5-10-18/h2-17,26-27H,1H3. The maximum atomic E-state index is 6.48. The molecule has 0 spiro atoms. The van der Waals surface area contributed by atoms with Crippen molar-refractivity contribution in [2.75, 3.05) is 12.4 Å². The Balaban J connectivity index is 1.66. The van der Waals surface area contributed by atoms with Crippen LogP contribution in [-0.2, 0) is 0 Å². The van der Waals surface area contributed by atoms with E-state index < -0.39 is 0 Å². The molecule has 1 aliphatic heterocycles. The van der Waals surface area contributed by atoms with Gasteiger partial charge < -0.3 is 14.8 Å². The number of para-hydroxylation sites is 1. The Hall–Kier alpha value is -3.72. The molecule has 5 rings (SSSR count). The van der Waals surface area contributed by atoms with Crippen LogP contribution in [0.1, 0.15) is 17.2 Å². The average Bonchev–Trinajstić information content (AvgIpc) is 2.79. The second-order valence-electron chi connectivity index (χ2n) is 7.04. The van der Waals surface area contributed by atoms with E-state index in [9.17, 15) is 0 Å². The molecule has 29 heavy (non-hydrogen) atoms. The van der Waals surface area contributed by atoms with E-state index in [1.165, 1.54) is 0 Å². The third-order valence-electron chi connectivity index (χ3n) is 5.22. The van der Waals surface area contributed by atoms with Crippen molar-refractivity contribution >= 4 is 11.4 Å². The molecule has 0 aliphatic carbocycles. The van der Waals surface area contributed by atoms with E-state index in [0.29, 0.717) is 0 Å². The van der Waals surface area contributed by atoms with Crippen LogP contribution in [0.3, 0.4) is 0 Å². The van der Waals surface area contributed by atoms with Gasteiger partial charge in [0.25, 0.3) is 0 Å². The van der Waals surface area contributed by atoms with Crippen molar-refractivity contribution in [2.45, 2.75) is 6.10 Å². The van der Waals surface area contributed by atoms with Gasteiger partial charge in [0.1, 0.15) is 17.6 Å². The minimum absolute atomic E-state index is 0.177. The van der Waals surface area contributed by atoms with Crippen molar-refractivity contribution in [1.82, 2.24) is 0 Å². The summed E-state index contributed by atoms with van der Waals surface area (Å²) in [6.07, 6.45) is -0.177. The summed E-state index contributed by atoms with van der Waals surface area (Å²) in [5.41, 5.74) is 6.46. The lowest BCUT2D eigenvalue weighted by Crippen LogP contribution is -2.16. The molecule has 3 heteroatoms. The zero-order valence-corrected chi connectivity index (χ0v) is 16.1. The summed E-state index contributed by atoms with van der Waals surface area (Å²) in [5.74, 6) is 1.66. The van der Waals surface area contributed by atoms with E-state index in [1.54, 1.807) is 7.11 Å². The lowest BCUT2D eigenvalue weighted by atomic mass is 9.88. The largest absolute Gasteiger partial charge is 0.496 e. The van der Waals surface area contributed by atoms with Crippen LogP contribution < -0.4 is 14.8 Å². The Labute approximate surface area is 170 Å². The molecule has 1 atom stereocenters. The van der Waals surface area contributed by atoms with Crippen LogP contribution in [0.5, 0.6) is 11.5 Å². The van der Waals surface area contributed by atoms with Gasteiger partial charge >= 0.3 is 0 Å². The van der Waals surface area contributed by atoms with Crippen molar-refractivity contribution in [3.05, 3.63) is 108 Å². The average molecular weight is 379 g/mol. The predicted molar refractivity (Wildman–Crippen MR) is 117 cm³/mol. The zero-order chi connectivity index (χ0) is 19.6. The van der Waals surface area contributed by atoms with Crippen LogP contribution in [0.25, 0.3) is 11.1 Å². The molecule has 0 bridgehead atoms. The lowest BCUT2D eigenvalue weighted by molar-refractivity contribution is 0.242. The van der Waals surface area contributed by atoms with E-state index in [2.05, 4.69) is 47.8 Å². The number of anilines is 2. The first-order chi connectivity index (χ1) is 14.3. The molecule has 1 N–H and O–H groups in total. The van der Waals surface area contributed by atoms with Gasteiger partial charge in [0.05, 0.1) is 12.7 Å². The van der Waals surface area contributed by atoms with E-state index >= 15 is 0 Å². The highest BCUT2D eigenvalue weighted by atomic mass is 16.5. The minimum Gasteiger partial charge on any atom is -0.496 e. The molecule has 0 aromatic heterocycles. The number of fused-ring (bicyclic) bond motifs is 3. The molecule has 0 saturated carbocycles. The summed E-state index contributed by atoms with van der Waals surface area (Å²) in [6.45, 7) is 0. The number of ether oxygens (including phenoxy) is 2. The van der Waals surface area contributed by atoms with Gasteiger partial charge in [-0.05, 0) is 47.5 Å². The maximum Gasteiger partial charge on any atom is 0.150 e. The summed E-state index contributed by atoms with van der Waals surface area (Å²) in [7, 11) is 1.70. The van der Waals surface area contributed by atoms with E-state index in [1.807, 2.05) is 54.6 Å². The Bertz CT molecular complexity index is 1140. The fourth-order valence-corrected chi connectivity index (χ4v) is 3.88. The molecule has 0 saturated heterocycles. The Morgan fingerprint density at radius 3 is 2.28 bits per heavy atom. The normalized spacial score (nSPS) is 14.3. The number of hydrogen-bond acceptors (Lipinski definition) is 3. The summed E-state index contributed by atoms with van der Waals surface area (Å²) in [5, 5.41) is 3.49. The minimum atomic E-state index is -0.177. The topological polar surface area (TPSA) is 30.5 Å². The second-order valence-corrected chi connectivity index (χ2v) is 7.04. The Morgan fingerprint density at radius 2 is 1.52 bits per heavy atom. The molecule has 1 unspecified atom stereocenters. The number of methoxy groups -OCH3 is 1. The molecule has 1 heterocycles. The van der Waals surface area contributed by atoms with Crippen molar-refractivity contribution in [3.63, 3.8) is 0 Å². The SMILES string of the molecule is COc1cccc2c1-c1ccc(Nc3ccccc3)cc1C(c1ccccc1)O2. The summed E-state index contributed by atoms with van der Waals surface area (Å²) in [6, 6.07) is 32.9. The third-order valence-corrected chi connectivity index (χ3v) is 5.22. The molecule has 3 nitrogen and oxygen atoms in total. The molecule has 4 aromatic carbocycles. The van der Waals surface area contributed by atoms with Crippen molar-refractivity contribution in [2.24, 2.45) is 0 Å². The molecule has 0 amide bonds. The monoisotopic (exact) mass is 379 g/mol. The van der Waals surface area contributed by atoms with Gasteiger partial charge in [-0.1, -0.05) is 60.7 Å². The first kappa shape index (κ1) is 17.4. The van der Waals surface area contributed by atoms with Crippen LogP contribution in [0.2, 0.25) is 0 Å². The maximum absolute atomic E-state index is 6.48. The molecule has 0 radical (unpaired) electrons. The predicted octanol–water partition coefficient (Wildman–Crippen LogP) is 6.59. The fraction of sp³-hybridized carbons (Fsp3) is 0.0769. The van der Waals surface area contributed by atoms with Gasteiger partial charge in [-0.25, -0.2) is 0 Å². The fourth-order valence-electron chi connectivity index (χ4n) is 3.88. The van der Waals surface area contributed by atoms with Gasteiger partial charge in [0.15, 0.2) is 0 Å². The van der Waals surface area contributed by atoms with Crippen LogP contribution >= 0.6 is 0 Å². The van der Waals surface area contributed by atoms with E-state index in [-0.39, 0.29) is 6.10 Å². The molecule has 0 fully saturated rings. The Kier molecular flexibility index (Phi) is 4.41. The van der Waals surface area contributed by atoms with E-state index in [0.717, 1.165) is 45.1 Å². The summed E-state index contributed by atoms with van der Waals surface area (Å²) < 4.78 is 12.1. The molecular formula is C26H21NO2. The van der Waals surface area contributed by atoms with Gasteiger partial charge in [0, 0.05) is 16.9 Å². The van der Waals surface area contributed by atoms with Gasteiger partial charge in [-0.15, -0.1) is 0 Å². The van der Waals surface area contributed by atoms with Gasteiger partial charge in [-0.3, -0.25) is 0 Å². The number of rotatable bonds is 4. The quantitative estimate of drug-likeness (QED) is 0.434. The molecule has 1 aliphatic rings. The molecular weight excluding hydrogens is 358 g/mol. The Morgan fingerprint density at radius 1 is 0.759 bits per heavy atom. The third kappa shape index (κ3) is 3.21. The summed E-state index contributed by atoms with van der Waals surface area (Å²) >= 11 is 0. The highest BCUT2D eigenvalue weighted by Gasteiger charge is 2.29. The van der Waals surface area contributed by atoms with Crippen molar-refractivity contribution in [3.8, 4) is 22.6 Å². The van der Waals surface area contributed by atoms with Crippen LogP contribution in [-0.4, -0.2) is 7.11 Å². The highest BCUT2D eigenvalue weighted by molar-refractivity contribution is 5.83. The number of nitrogens with one attached hydrogen (secondary N) is 1. The second kappa shape index (κ2) is 7.36. The van der Waals surface area contributed by atoms with Gasteiger partial charge in [-0.2, -0.15) is 0 Å². The summed E-state index contributed by atoms with van der Waals surface area (Å²) in [4.78, 5) is 0.